The largest absolute Gasteiger partial charge is 0.348 e. The fraction of sp³-hybridized carbons (Fsp3) is 0.500. The van der Waals surface area contributed by atoms with Gasteiger partial charge in [0.1, 0.15) is 22.7 Å². The van der Waals surface area contributed by atoms with E-state index in [4.69, 9.17) is 0 Å². The molecule has 0 bridgehead atoms. The quantitative estimate of drug-likeness (QED) is 0.497. The fourth-order valence-electron chi connectivity index (χ4n) is 5.15. The van der Waals surface area contributed by atoms with Crippen LogP contribution in [0.4, 0.5) is 0 Å². The first-order valence-corrected chi connectivity index (χ1v) is 12.4. The van der Waals surface area contributed by atoms with Crippen molar-refractivity contribution in [2.75, 3.05) is 0 Å². The molecule has 2 atom stereocenters. The minimum absolute atomic E-state index is 0.133. The fourth-order valence-corrected chi connectivity index (χ4v) is 6.60. The Kier molecular flexibility index (Phi) is 6.53. The van der Waals surface area contributed by atoms with Crippen LogP contribution in [-0.4, -0.2) is 16.5 Å². The molecule has 2 aromatic heterocycles. The molecule has 0 radical (unpaired) electrons. The summed E-state index contributed by atoms with van der Waals surface area (Å²) >= 11 is 1.71. The first-order valence-electron chi connectivity index (χ1n) is 11.6. The Morgan fingerprint density at radius 3 is 2.66 bits per heavy atom. The number of rotatable bonds is 4. The maximum Gasteiger partial charge on any atom is 0.262 e. The molecule has 0 aromatic carbocycles. The standard InChI is InChI=1S/C26H30N4OS/c1-16-8-4-6-10-23(16)29-25(31)20(14-27)13-19-12-17(2)30(18(19)3)26-22(15-28)21-9-5-7-11-24(21)32-26/h12-13,16,23H,4-11H2,1-3H3,(H,29,31)/b20-13+/t16-,23-/m0/s1. The molecule has 0 saturated heterocycles. The lowest BCUT2D eigenvalue weighted by Gasteiger charge is -2.29. The number of aryl methyl sites for hydroxylation is 2. The zero-order chi connectivity index (χ0) is 22.8. The molecule has 1 N–H and O–H groups in total. The lowest BCUT2D eigenvalue weighted by molar-refractivity contribution is -0.118. The summed E-state index contributed by atoms with van der Waals surface area (Å²) in [7, 11) is 0. The Hall–Kier alpha value is -2.83. The third kappa shape index (κ3) is 4.12. The van der Waals surface area contributed by atoms with Crippen molar-refractivity contribution < 1.29 is 4.79 Å². The SMILES string of the molecule is Cc1cc(/C=C(\C#N)C(=O)N[C@H]2CCCC[C@@H]2C)c(C)n1-c1sc2c(c1C#N)CCCC2. The summed E-state index contributed by atoms with van der Waals surface area (Å²) < 4.78 is 2.11. The average molecular weight is 447 g/mol. The van der Waals surface area contributed by atoms with E-state index in [1.807, 2.05) is 19.9 Å². The molecular weight excluding hydrogens is 416 g/mol. The maximum absolute atomic E-state index is 12.8. The number of amides is 1. The molecule has 0 aliphatic heterocycles. The van der Waals surface area contributed by atoms with Gasteiger partial charge >= 0.3 is 0 Å². The van der Waals surface area contributed by atoms with Crippen LogP contribution in [0.5, 0.6) is 0 Å². The highest BCUT2D eigenvalue weighted by Crippen LogP contribution is 2.38. The monoisotopic (exact) mass is 446 g/mol. The van der Waals surface area contributed by atoms with Gasteiger partial charge in [0.15, 0.2) is 0 Å². The van der Waals surface area contributed by atoms with E-state index in [2.05, 4.69) is 28.9 Å². The molecular formula is C26H30N4OS. The number of aromatic nitrogens is 1. The van der Waals surface area contributed by atoms with Crippen molar-refractivity contribution in [2.45, 2.75) is 78.2 Å². The van der Waals surface area contributed by atoms with Gasteiger partial charge in [0.05, 0.1) is 5.56 Å². The Morgan fingerprint density at radius 1 is 1.19 bits per heavy atom. The molecule has 0 unspecified atom stereocenters. The van der Waals surface area contributed by atoms with Crippen molar-refractivity contribution in [2.24, 2.45) is 5.92 Å². The van der Waals surface area contributed by atoms with Crippen LogP contribution < -0.4 is 5.32 Å². The number of thiophene rings is 1. The third-order valence-corrected chi connectivity index (χ3v) is 8.31. The number of nitriles is 2. The van der Waals surface area contributed by atoms with Crippen molar-refractivity contribution in [1.29, 1.82) is 10.5 Å². The van der Waals surface area contributed by atoms with Gasteiger partial charge in [0, 0.05) is 22.3 Å². The second-order valence-electron chi connectivity index (χ2n) is 9.18. The lowest BCUT2D eigenvalue weighted by atomic mass is 9.86. The van der Waals surface area contributed by atoms with Gasteiger partial charge in [-0.3, -0.25) is 4.79 Å². The van der Waals surface area contributed by atoms with E-state index in [1.54, 1.807) is 17.4 Å². The van der Waals surface area contributed by atoms with Crippen LogP contribution in [0.25, 0.3) is 11.1 Å². The van der Waals surface area contributed by atoms with Crippen molar-refractivity contribution >= 4 is 23.3 Å². The third-order valence-electron chi connectivity index (χ3n) is 7.03. The topological polar surface area (TPSA) is 81.6 Å². The molecule has 1 saturated carbocycles. The molecule has 166 valence electrons. The second-order valence-corrected chi connectivity index (χ2v) is 10.3. The van der Waals surface area contributed by atoms with Crippen molar-refractivity contribution in [1.82, 2.24) is 9.88 Å². The number of hydrogen-bond donors (Lipinski definition) is 1. The summed E-state index contributed by atoms with van der Waals surface area (Å²) in [6, 6.07) is 6.68. The zero-order valence-corrected chi connectivity index (χ0v) is 19.9. The molecule has 1 fully saturated rings. The lowest BCUT2D eigenvalue weighted by Crippen LogP contribution is -2.41. The van der Waals surface area contributed by atoms with Gasteiger partial charge in [-0.2, -0.15) is 10.5 Å². The molecule has 1 amide bonds. The highest BCUT2D eigenvalue weighted by molar-refractivity contribution is 7.15. The predicted octanol–water partition coefficient (Wildman–Crippen LogP) is 5.51. The Bertz CT molecular complexity index is 1150. The van der Waals surface area contributed by atoms with Crippen molar-refractivity contribution in [3.63, 3.8) is 0 Å². The summed E-state index contributed by atoms with van der Waals surface area (Å²) in [6.07, 6.45) is 10.4. The van der Waals surface area contributed by atoms with E-state index in [0.29, 0.717) is 5.92 Å². The number of nitrogens with one attached hydrogen (secondary N) is 1. The van der Waals surface area contributed by atoms with Crippen LogP contribution >= 0.6 is 11.3 Å². The first-order chi connectivity index (χ1) is 15.4. The van der Waals surface area contributed by atoms with Gasteiger partial charge in [0.25, 0.3) is 5.91 Å². The van der Waals surface area contributed by atoms with Gasteiger partial charge in [-0.25, -0.2) is 0 Å². The van der Waals surface area contributed by atoms with Crippen LogP contribution in [0.1, 0.15) is 78.4 Å². The number of fused-ring (bicyclic) bond motifs is 1. The summed E-state index contributed by atoms with van der Waals surface area (Å²) in [6.45, 7) is 6.18. The van der Waals surface area contributed by atoms with E-state index in [-0.39, 0.29) is 17.5 Å². The molecule has 4 rings (SSSR count). The number of carbonyl (C=O) groups is 1. The Morgan fingerprint density at radius 2 is 1.94 bits per heavy atom. The maximum atomic E-state index is 12.8. The molecule has 2 aliphatic carbocycles. The average Bonchev–Trinajstić information content (AvgIpc) is 3.28. The van der Waals surface area contributed by atoms with E-state index < -0.39 is 0 Å². The zero-order valence-electron chi connectivity index (χ0n) is 19.1. The number of carbonyl (C=O) groups excluding carboxylic acids is 1. The minimum Gasteiger partial charge on any atom is -0.348 e. The molecule has 6 heteroatoms. The predicted molar refractivity (Wildman–Crippen MR) is 128 cm³/mol. The molecule has 32 heavy (non-hydrogen) atoms. The summed E-state index contributed by atoms with van der Waals surface area (Å²) in [5.74, 6) is 0.146. The van der Waals surface area contributed by atoms with E-state index in [0.717, 1.165) is 66.0 Å². The van der Waals surface area contributed by atoms with Gasteiger partial charge in [0.2, 0.25) is 0 Å². The van der Waals surface area contributed by atoms with Gasteiger partial charge in [-0.05, 0) is 81.6 Å². The summed E-state index contributed by atoms with van der Waals surface area (Å²) in [5.41, 5.74) is 4.93. The normalized spacial score (nSPS) is 20.8. The van der Waals surface area contributed by atoms with Crippen molar-refractivity contribution in [3.05, 3.63) is 44.6 Å². The van der Waals surface area contributed by atoms with Gasteiger partial charge in [-0.15, -0.1) is 11.3 Å². The van der Waals surface area contributed by atoms with Crippen molar-refractivity contribution in [3.8, 4) is 17.1 Å². The van der Waals surface area contributed by atoms with E-state index in [9.17, 15) is 15.3 Å². The van der Waals surface area contributed by atoms with Crippen LogP contribution in [-0.2, 0) is 17.6 Å². The molecule has 0 spiro atoms. The highest BCUT2D eigenvalue weighted by atomic mass is 32.1. The highest BCUT2D eigenvalue weighted by Gasteiger charge is 2.26. The van der Waals surface area contributed by atoms with E-state index >= 15 is 0 Å². The smallest absolute Gasteiger partial charge is 0.262 e. The molecule has 2 heterocycles. The number of nitrogens with zero attached hydrogens (tertiary/aromatic N) is 3. The van der Waals surface area contributed by atoms with Gasteiger partial charge < -0.3 is 9.88 Å². The number of hydrogen-bond acceptors (Lipinski definition) is 4. The van der Waals surface area contributed by atoms with E-state index in [1.165, 1.54) is 23.3 Å². The van der Waals surface area contributed by atoms with Gasteiger partial charge in [-0.1, -0.05) is 19.8 Å². The van der Waals surface area contributed by atoms with Crippen LogP contribution in [0.15, 0.2) is 11.6 Å². The molecule has 5 nitrogen and oxygen atoms in total. The minimum atomic E-state index is -0.291. The first kappa shape index (κ1) is 22.4. The molecule has 2 aliphatic rings. The van der Waals surface area contributed by atoms with Crippen LogP contribution in [0, 0.1) is 42.4 Å². The van der Waals surface area contributed by atoms with Crippen LogP contribution in [0.3, 0.4) is 0 Å². The summed E-state index contributed by atoms with van der Waals surface area (Å²) in [5, 5.41) is 23.6. The van der Waals surface area contributed by atoms with Crippen LogP contribution in [0.2, 0.25) is 0 Å². The summed E-state index contributed by atoms with van der Waals surface area (Å²) in [4.78, 5) is 14.2. The Labute approximate surface area is 194 Å². The molecule has 2 aromatic rings. The Balaban J connectivity index is 1.66. The second kappa shape index (κ2) is 9.35.